The van der Waals surface area contributed by atoms with Crippen LogP contribution in [0.3, 0.4) is 0 Å². The van der Waals surface area contributed by atoms with Gasteiger partial charge in [0.15, 0.2) is 0 Å². The van der Waals surface area contributed by atoms with E-state index in [2.05, 4.69) is 4.74 Å². The molecule has 0 unspecified atom stereocenters. The summed E-state index contributed by atoms with van der Waals surface area (Å²) in [5, 5.41) is 7.26. The summed E-state index contributed by atoms with van der Waals surface area (Å²) in [5.74, 6) is 0.0873. The van der Waals surface area contributed by atoms with Gasteiger partial charge in [0.25, 0.3) is 0 Å². The largest absolute Gasteiger partial charge is 0.411 e. The number of rotatable bonds is 9. The number of hydrogen-bond acceptors (Lipinski definition) is 3. The minimum absolute atomic E-state index is 0.0446. The van der Waals surface area contributed by atoms with Gasteiger partial charge in [-0.25, -0.2) is 0 Å². The van der Waals surface area contributed by atoms with Crippen LogP contribution >= 0.6 is 0 Å². The first-order valence-electron chi connectivity index (χ1n) is 6.66. The third-order valence-electron chi connectivity index (χ3n) is 2.75. The Bertz CT molecular complexity index is 423. The molecule has 0 bridgehead atoms. The van der Waals surface area contributed by atoms with Gasteiger partial charge in [0, 0.05) is 31.8 Å². The van der Waals surface area contributed by atoms with E-state index in [1.54, 1.807) is 0 Å². The van der Waals surface area contributed by atoms with E-state index in [1.807, 2.05) is 35.2 Å². The van der Waals surface area contributed by atoms with Crippen molar-refractivity contribution in [3.63, 3.8) is 0 Å². The van der Waals surface area contributed by atoms with Gasteiger partial charge >= 0.3 is 6.18 Å². The fourth-order valence-electron chi connectivity index (χ4n) is 1.81. The maximum absolute atomic E-state index is 11.9. The first kappa shape index (κ1) is 17.3. The number of hydrogen-bond donors (Lipinski definition) is 2. The van der Waals surface area contributed by atoms with Crippen molar-refractivity contribution in [3.05, 3.63) is 30.3 Å². The summed E-state index contributed by atoms with van der Waals surface area (Å²) in [6.45, 7) is -0.0670. The molecule has 0 spiro atoms. The van der Waals surface area contributed by atoms with Gasteiger partial charge in [-0.05, 0) is 18.6 Å². The molecule has 118 valence electrons. The molecule has 21 heavy (non-hydrogen) atoms. The molecule has 1 aromatic rings. The summed E-state index contributed by atoms with van der Waals surface area (Å²) in [5.41, 5.74) is 6.30. The van der Waals surface area contributed by atoms with Gasteiger partial charge in [0.1, 0.15) is 6.61 Å². The molecule has 7 heteroatoms. The zero-order valence-electron chi connectivity index (χ0n) is 11.7. The highest BCUT2D eigenvalue weighted by Gasteiger charge is 2.27. The van der Waals surface area contributed by atoms with Gasteiger partial charge in [-0.3, -0.25) is 5.41 Å². The predicted molar refractivity (Wildman–Crippen MR) is 76.7 cm³/mol. The summed E-state index contributed by atoms with van der Waals surface area (Å²) >= 11 is 0. The molecule has 4 nitrogen and oxygen atoms in total. The highest BCUT2D eigenvalue weighted by molar-refractivity contribution is 5.77. The molecule has 1 rings (SSSR count). The normalized spacial score (nSPS) is 11.4. The van der Waals surface area contributed by atoms with Crippen molar-refractivity contribution >= 4 is 11.5 Å². The van der Waals surface area contributed by atoms with Crippen molar-refractivity contribution in [2.24, 2.45) is 5.73 Å². The Labute approximate surface area is 122 Å². The number of amidine groups is 1. The first-order chi connectivity index (χ1) is 9.88. The van der Waals surface area contributed by atoms with Crippen molar-refractivity contribution in [3.8, 4) is 0 Å². The third kappa shape index (κ3) is 8.19. The van der Waals surface area contributed by atoms with E-state index in [4.69, 9.17) is 11.1 Å². The fraction of sp³-hybridized carbons (Fsp3) is 0.500. The fourth-order valence-corrected chi connectivity index (χ4v) is 1.81. The van der Waals surface area contributed by atoms with Crippen LogP contribution in [0.25, 0.3) is 0 Å². The molecule has 0 aliphatic rings. The number of ether oxygens (including phenoxy) is 1. The number of halogens is 3. The Balaban J connectivity index is 2.41. The molecule has 0 fully saturated rings. The monoisotopic (exact) mass is 303 g/mol. The van der Waals surface area contributed by atoms with E-state index < -0.39 is 12.8 Å². The van der Waals surface area contributed by atoms with Crippen LogP contribution < -0.4 is 10.6 Å². The summed E-state index contributed by atoms with van der Waals surface area (Å²) in [7, 11) is 0. The van der Waals surface area contributed by atoms with Crippen LogP contribution in [-0.4, -0.2) is 38.3 Å². The lowest BCUT2D eigenvalue weighted by Crippen LogP contribution is -2.29. The van der Waals surface area contributed by atoms with Crippen LogP contribution in [-0.2, 0) is 4.74 Å². The van der Waals surface area contributed by atoms with Gasteiger partial charge in [-0.2, -0.15) is 13.2 Å². The van der Waals surface area contributed by atoms with Crippen LogP contribution in [0.4, 0.5) is 18.9 Å². The number of para-hydroxylation sites is 1. The van der Waals surface area contributed by atoms with Crippen molar-refractivity contribution in [2.75, 3.05) is 31.2 Å². The number of nitrogens with one attached hydrogen (secondary N) is 1. The Morgan fingerprint density at radius 3 is 2.43 bits per heavy atom. The van der Waals surface area contributed by atoms with Crippen LogP contribution in [0.1, 0.15) is 12.8 Å². The lowest BCUT2D eigenvalue weighted by molar-refractivity contribution is -0.173. The van der Waals surface area contributed by atoms with E-state index in [9.17, 15) is 13.2 Å². The van der Waals surface area contributed by atoms with Gasteiger partial charge in [0.2, 0.25) is 0 Å². The molecule has 0 heterocycles. The van der Waals surface area contributed by atoms with E-state index in [-0.39, 0.29) is 12.4 Å². The quantitative estimate of drug-likeness (QED) is 0.419. The smallest absolute Gasteiger partial charge is 0.388 e. The van der Waals surface area contributed by atoms with Gasteiger partial charge in [-0.1, -0.05) is 18.2 Å². The molecule has 0 aromatic heterocycles. The van der Waals surface area contributed by atoms with Crippen LogP contribution in [0.5, 0.6) is 0 Å². The van der Waals surface area contributed by atoms with Crippen molar-refractivity contribution in [1.82, 2.24) is 0 Å². The second-order valence-corrected chi connectivity index (χ2v) is 4.62. The first-order valence-corrected chi connectivity index (χ1v) is 6.66. The summed E-state index contributed by atoms with van der Waals surface area (Å²) in [6.07, 6.45) is -3.39. The third-order valence-corrected chi connectivity index (χ3v) is 2.75. The SMILES string of the molecule is N=C(N)CCN(CCCOCC(F)(F)F)c1ccccc1. The van der Waals surface area contributed by atoms with Crippen LogP contribution in [0, 0.1) is 5.41 Å². The number of alkyl halides is 3. The highest BCUT2D eigenvalue weighted by Crippen LogP contribution is 2.16. The van der Waals surface area contributed by atoms with Crippen LogP contribution in [0.2, 0.25) is 0 Å². The van der Waals surface area contributed by atoms with Crippen molar-refractivity contribution in [1.29, 1.82) is 5.41 Å². The average Bonchev–Trinajstić information content (AvgIpc) is 2.41. The maximum atomic E-state index is 11.9. The molecule has 0 amide bonds. The lowest BCUT2D eigenvalue weighted by atomic mass is 10.2. The average molecular weight is 303 g/mol. The van der Waals surface area contributed by atoms with E-state index >= 15 is 0 Å². The minimum atomic E-state index is -4.28. The molecule has 3 N–H and O–H groups in total. The highest BCUT2D eigenvalue weighted by atomic mass is 19.4. The van der Waals surface area contributed by atoms with Gasteiger partial charge in [-0.15, -0.1) is 0 Å². The lowest BCUT2D eigenvalue weighted by Gasteiger charge is -2.24. The topological polar surface area (TPSA) is 62.3 Å². The summed E-state index contributed by atoms with van der Waals surface area (Å²) in [4.78, 5) is 1.98. The Hall–Kier alpha value is -1.76. The number of benzene rings is 1. The zero-order chi connectivity index (χ0) is 15.7. The number of nitrogens with two attached hydrogens (primary N) is 1. The summed E-state index contributed by atoms with van der Waals surface area (Å²) < 4.78 is 40.4. The van der Waals surface area contributed by atoms with E-state index in [0.29, 0.717) is 25.9 Å². The molecular weight excluding hydrogens is 283 g/mol. The molecule has 0 atom stereocenters. The van der Waals surface area contributed by atoms with Crippen molar-refractivity contribution < 1.29 is 17.9 Å². The van der Waals surface area contributed by atoms with Gasteiger partial charge < -0.3 is 15.4 Å². The predicted octanol–water partition coefficient (Wildman–Crippen LogP) is 2.79. The van der Waals surface area contributed by atoms with Crippen LogP contribution in [0.15, 0.2) is 30.3 Å². The molecule has 1 aromatic carbocycles. The Morgan fingerprint density at radius 2 is 1.86 bits per heavy atom. The Morgan fingerprint density at radius 1 is 1.19 bits per heavy atom. The summed E-state index contributed by atoms with van der Waals surface area (Å²) in [6, 6.07) is 9.49. The standard InChI is InChI=1S/C14H20F3N3O/c15-14(16,17)11-21-10-4-8-20(9-7-13(18)19)12-5-2-1-3-6-12/h1-3,5-6H,4,7-11H2,(H3,18,19). The molecule has 0 aliphatic carbocycles. The molecular formula is C14H20F3N3O. The second-order valence-electron chi connectivity index (χ2n) is 4.62. The second kappa shape index (κ2) is 8.51. The minimum Gasteiger partial charge on any atom is -0.388 e. The maximum Gasteiger partial charge on any atom is 0.411 e. The molecule has 0 aliphatic heterocycles. The van der Waals surface area contributed by atoms with Crippen molar-refractivity contribution in [2.45, 2.75) is 19.0 Å². The van der Waals surface area contributed by atoms with E-state index in [1.165, 1.54) is 0 Å². The number of anilines is 1. The molecule has 0 saturated carbocycles. The molecule has 0 radical (unpaired) electrons. The molecule has 0 saturated heterocycles. The van der Waals surface area contributed by atoms with E-state index in [0.717, 1.165) is 5.69 Å². The number of nitrogens with zero attached hydrogens (tertiary/aromatic N) is 1. The zero-order valence-corrected chi connectivity index (χ0v) is 11.7. The Kier molecular flexibility index (Phi) is 7.01. The van der Waals surface area contributed by atoms with Gasteiger partial charge in [0.05, 0.1) is 5.84 Å².